The summed E-state index contributed by atoms with van der Waals surface area (Å²) in [5.74, 6) is 3.57. The molecule has 186 valence electrons. The summed E-state index contributed by atoms with van der Waals surface area (Å²) in [6, 6.07) is 16.8. The van der Waals surface area contributed by atoms with E-state index < -0.39 is 0 Å². The molecule has 0 saturated carbocycles. The van der Waals surface area contributed by atoms with Crippen molar-refractivity contribution < 1.29 is 18.9 Å². The van der Waals surface area contributed by atoms with Crippen LogP contribution in [0.2, 0.25) is 0 Å². The Morgan fingerprint density at radius 2 is 0.806 bits per heavy atom. The van der Waals surface area contributed by atoms with Gasteiger partial charge in [0.05, 0.1) is 47.3 Å². The van der Waals surface area contributed by atoms with Gasteiger partial charge in [0.1, 0.15) is 23.0 Å². The fourth-order valence-corrected chi connectivity index (χ4v) is 6.89. The third-order valence-corrected chi connectivity index (χ3v) is 8.65. The van der Waals surface area contributed by atoms with Crippen LogP contribution in [-0.4, -0.2) is 26.4 Å². The van der Waals surface area contributed by atoms with Crippen molar-refractivity contribution in [3.05, 3.63) is 59.3 Å². The average molecular weight is 519 g/mol. The van der Waals surface area contributed by atoms with Gasteiger partial charge >= 0.3 is 0 Å². The van der Waals surface area contributed by atoms with E-state index in [1.54, 1.807) is 22.7 Å². The smallest absolute Gasteiger partial charge is 0.130 e. The van der Waals surface area contributed by atoms with Crippen LogP contribution in [0.5, 0.6) is 23.0 Å². The summed E-state index contributed by atoms with van der Waals surface area (Å²) in [5, 5.41) is 4.33. The lowest BCUT2D eigenvalue weighted by molar-refractivity contribution is 0.268. The van der Waals surface area contributed by atoms with Crippen molar-refractivity contribution in [2.24, 2.45) is 0 Å². The van der Waals surface area contributed by atoms with Gasteiger partial charge in [0.25, 0.3) is 0 Å². The number of benzene rings is 2. The van der Waals surface area contributed by atoms with Gasteiger partial charge in [0.15, 0.2) is 0 Å². The van der Waals surface area contributed by atoms with Gasteiger partial charge in [0, 0.05) is 11.1 Å². The average Bonchev–Trinajstić information content (AvgIpc) is 3.56. The van der Waals surface area contributed by atoms with Gasteiger partial charge in [-0.25, -0.2) is 0 Å². The Balaban J connectivity index is 1.60. The molecule has 4 nitrogen and oxygen atoms in total. The normalized spacial score (nSPS) is 16.1. The molecule has 0 unspecified atom stereocenters. The fraction of sp³-hybridized carbons (Fsp3) is 0.333. The zero-order valence-electron chi connectivity index (χ0n) is 20.3. The molecule has 0 radical (unpaired) electrons. The first kappa shape index (κ1) is 23.4. The molecule has 0 amide bonds. The molecular weight excluding hydrogens is 488 g/mol. The minimum atomic E-state index is 0.675. The van der Waals surface area contributed by atoms with E-state index in [2.05, 4.69) is 47.2 Å². The van der Waals surface area contributed by atoms with Gasteiger partial charge in [-0.1, -0.05) is 12.1 Å². The second kappa shape index (κ2) is 11.0. The molecule has 0 atom stereocenters. The zero-order valence-corrected chi connectivity index (χ0v) is 21.9. The first-order chi connectivity index (χ1) is 17.9. The number of hydrogen-bond donors (Lipinski definition) is 0. The molecule has 0 aliphatic carbocycles. The van der Waals surface area contributed by atoms with Crippen molar-refractivity contribution >= 4 is 22.7 Å². The van der Waals surface area contributed by atoms with Crippen LogP contribution in [0.15, 0.2) is 59.3 Å². The lowest BCUT2D eigenvalue weighted by Gasteiger charge is -2.17. The molecule has 6 rings (SSSR count). The second-order valence-corrected chi connectivity index (χ2v) is 10.9. The third kappa shape index (κ3) is 4.72. The zero-order chi connectivity index (χ0) is 24.2. The van der Waals surface area contributed by atoms with Crippen molar-refractivity contribution in [1.29, 1.82) is 0 Å². The number of hydrogen-bond acceptors (Lipinski definition) is 6. The van der Waals surface area contributed by atoms with Crippen molar-refractivity contribution in [3.8, 4) is 55.0 Å². The molecule has 2 bridgehead atoms. The van der Waals surface area contributed by atoms with E-state index in [9.17, 15) is 0 Å². The maximum absolute atomic E-state index is 6.39. The van der Waals surface area contributed by atoms with Crippen LogP contribution in [-0.2, 0) is 0 Å². The molecule has 2 aromatic heterocycles. The van der Waals surface area contributed by atoms with Gasteiger partial charge in [-0.3, -0.25) is 0 Å². The van der Waals surface area contributed by atoms with E-state index in [4.69, 9.17) is 18.9 Å². The Morgan fingerprint density at radius 3 is 1.17 bits per heavy atom. The largest absolute Gasteiger partial charge is 0.493 e. The SMILES string of the molecule is c1cc2c3c(c1)OCCCCCOc1cccc(c1-c1ccsc1-c1sccc1-3)OCCCCCO2. The fourth-order valence-electron chi connectivity index (χ4n) is 4.89. The molecule has 0 spiro atoms. The summed E-state index contributed by atoms with van der Waals surface area (Å²) < 4.78 is 25.5. The molecule has 2 aromatic carbocycles. The predicted octanol–water partition coefficient (Wildman–Crippen LogP) is 8.69. The summed E-state index contributed by atoms with van der Waals surface area (Å²) >= 11 is 3.51. The highest BCUT2D eigenvalue weighted by Gasteiger charge is 2.24. The van der Waals surface area contributed by atoms with E-state index in [-0.39, 0.29) is 0 Å². The molecule has 6 heteroatoms. The van der Waals surface area contributed by atoms with E-state index in [0.717, 1.165) is 83.8 Å². The van der Waals surface area contributed by atoms with Crippen LogP contribution < -0.4 is 18.9 Å². The molecule has 0 N–H and O–H groups in total. The Kier molecular flexibility index (Phi) is 7.14. The van der Waals surface area contributed by atoms with E-state index in [1.165, 1.54) is 9.75 Å². The van der Waals surface area contributed by atoms with E-state index >= 15 is 0 Å². The lowest BCUT2D eigenvalue weighted by Crippen LogP contribution is -2.05. The number of rotatable bonds is 0. The van der Waals surface area contributed by atoms with E-state index in [1.807, 2.05) is 12.1 Å². The lowest BCUT2D eigenvalue weighted by atomic mass is 9.99. The van der Waals surface area contributed by atoms with E-state index in [0.29, 0.717) is 26.4 Å². The number of thiophene rings is 2. The summed E-state index contributed by atoms with van der Waals surface area (Å²) in [5.41, 5.74) is 4.41. The standard InChI is InChI=1S/C30H30O4S2/c1-3-15-31-23-9-7-11-25-27(23)21-13-19-35-29(21)30-22(14-20-36-30)28-24(32-16-4-1)10-8-12-26(28)34-18-6-2-5-17-33-25/h7-14,19-20H,1-6,15-18H2. The van der Waals surface area contributed by atoms with Crippen LogP contribution in [0, 0.1) is 0 Å². The highest BCUT2D eigenvalue weighted by molar-refractivity contribution is 7.21. The Morgan fingerprint density at radius 1 is 0.444 bits per heavy atom. The van der Waals surface area contributed by atoms with Crippen molar-refractivity contribution in [2.45, 2.75) is 38.5 Å². The van der Waals surface area contributed by atoms with Crippen LogP contribution in [0.25, 0.3) is 32.0 Å². The van der Waals surface area contributed by atoms with Gasteiger partial charge in [-0.2, -0.15) is 0 Å². The second-order valence-electron chi connectivity index (χ2n) is 9.10. The van der Waals surface area contributed by atoms with Gasteiger partial charge in [0.2, 0.25) is 0 Å². The summed E-state index contributed by atoms with van der Waals surface area (Å²) in [4.78, 5) is 2.43. The van der Waals surface area contributed by atoms with Gasteiger partial charge in [-0.15, -0.1) is 22.7 Å². The summed E-state index contributed by atoms with van der Waals surface area (Å²) in [7, 11) is 0. The first-order valence-corrected chi connectivity index (χ1v) is 14.6. The Labute approximate surface area is 220 Å². The van der Waals surface area contributed by atoms with Crippen LogP contribution in [0.1, 0.15) is 38.5 Å². The van der Waals surface area contributed by atoms with Crippen LogP contribution in [0.4, 0.5) is 0 Å². The molecule has 4 aromatic rings. The topological polar surface area (TPSA) is 36.9 Å². The predicted molar refractivity (Wildman–Crippen MR) is 148 cm³/mol. The molecule has 36 heavy (non-hydrogen) atoms. The van der Waals surface area contributed by atoms with Gasteiger partial charge in [-0.05, 0) is 85.7 Å². The Hall–Kier alpha value is -2.96. The highest BCUT2D eigenvalue weighted by Crippen LogP contribution is 2.52. The van der Waals surface area contributed by atoms with Crippen molar-refractivity contribution in [2.75, 3.05) is 26.4 Å². The maximum atomic E-state index is 6.39. The molecular formula is C30H30O4S2. The molecule has 4 heterocycles. The van der Waals surface area contributed by atoms with Crippen LogP contribution >= 0.6 is 22.7 Å². The monoisotopic (exact) mass is 518 g/mol. The molecule has 2 aliphatic heterocycles. The maximum Gasteiger partial charge on any atom is 0.130 e. The van der Waals surface area contributed by atoms with Gasteiger partial charge < -0.3 is 18.9 Å². The Bertz CT molecular complexity index is 1170. The highest BCUT2D eigenvalue weighted by atomic mass is 32.1. The molecule has 0 saturated heterocycles. The minimum absolute atomic E-state index is 0.675. The van der Waals surface area contributed by atoms with Crippen LogP contribution in [0.3, 0.4) is 0 Å². The third-order valence-electron chi connectivity index (χ3n) is 6.66. The molecule has 0 fully saturated rings. The minimum Gasteiger partial charge on any atom is -0.493 e. The molecule has 2 aliphatic rings. The quantitative estimate of drug-likeness (QED) is 0.233. The number of ether oxygens (including phenoxy) is 4. The summed E-state index contributed by atoms with van der Waals surface area (Å²) in [6.07, 6.45) is 6.01. The first-order valence-electron chi connectivity index (χ1n) is 12.8. The summed E-state index contributed by atoms with van der Waals surface area (Å²) in [6.45, 7) is 2.70. The van der Waals surface area contributed by atoms with Crippen molar-refractivity contribution in [1.82, 2.24) is 0 Å². The van der Waals surface area contributed by atoms with Crippen molar-refractivity contribution in [3.63, 3.8) is 0 Å².